The summed E-state index contributed by atoms with van der Waals surface area (Å²) in [5, 5.41) is 16.8. The van der Waals surface area contributed by atoms with Crippen LogP contribution in [0.4, 0.5) is 0 Å². The number of nitrogens with zero attached hydrogens (tertiary/aromatic N) is 3. The van der Waals surface area contributed by atoms with Crippen LogP contribution in [0, 0.1) is 0 Å². The van der Waals surface area contributed by atoms with Crippen LogP contribution < -0.4 is 10.1 Å². The zero-order chi connectivity index (χ0) is 17.0. The third kappa shape index (κ3) is 3.81. The van der Waals surface area contributed by atoms with Crippen LogP contribution >= 0.6 is 0 Å². The number of aromatic hydroxyl groups is 1. The van der Waals surface area contributed by atoms with E-state index in [4.69, 9.17) is 4.74 Å². The molecule has 23 heavy (non-hydrogen) atoms. The van der Waals surface area contributed by atoms with Gasteiger partial charge in [-0.15, -0.1) is 0 Å². The predicted molar refractivity (Wildman–Crippen MR) is 86.1 cm³/mol. The molecule has 1 aromatic heterocycles. The van der Waals surface area contributed by atoms with Crippen molar-refractivity contribution in [3.8, 4) is 11.5 Å². The summed E-state index contributed by atoms with van der Waals surface area (Å²) in [6.07, 6.45) is 3.49. The second-order valence-electron chi connectivity index (χ2n) is 5.37. The van der Waals surface area contributed by atoms with Crippen LogP contribution in [0.3, 0.4) is 0 Å². The molecule has 0 spiro atoms. The Labute approximate surface area is 135 Å². The molecular formula is C16H22N4O3. The maximum absolute atomic E-state index is 12.7. The highest BCUT2D eigenvalue weighted by molar-refractivity contribution is 5.83. The minimum Gasteiger partial charge on any atom is -0.504 e. The van der Waals surface area contributed by atoms with Crippen molar-refractivity contribution in [2.75, 3.05) is 21.2 Å². The Kier molecular flexibility index (Phi) is 5.23. The van der Waals surface area contributed by atoms with E-state index in [-0.39, 0.29) is 11.7 Å². The molecule has 7 nitrogen and oxygen atoms in total. The first-order chi connectivity index (χ1) is 11.0. The van der Waals surface area contributed by atoms with E-state index in [0.717, 1.165) is 11.1 Å². The molecule has 0 aliphatic carbocycles. The number of phenols is 1. The lowest BCUT2D eigenvalue weighted by atomic mass is 10.1. The molecule has 1 aromatic carbocycles. The Morgan fingerprint density at radius 1 is 1.52 bits per heavy atom. The number of likely N-dealkylation sites (N-methyl/N-ethyl adjacent to an activating group) is 2. The lowest BCUT2D eigenvalue weighted by Gasteiger charge is -2.23. The second kappa shape index (κ2) is 7.15. The zero-order valence-corrected chi connectivity index (χ0v) is 13.8. The molecule has 2 rings (SSSR count). The number of ether oxygens (including phenoxy) is 1. The first-order valence-corrected chi connectivity index (χ1v) is 7.23. The Morgan fingerprint density at radius 3 is 2.83 bits per heavy atom. The maximum Gasteiger partial charge on any atom is 0.244 e. The van der Waals surface area contributed by atoms with Gasteiger partial charge in [-0.1, -0.05) is 6.07 Å². The molecule has 1 heterocycles. The monoisotopic (exact) mass is 318 g/mol. The summed E-state index contributed by atoms with van der Waals surface area (Å²) in [6, 6.07) is 4.59. The molecule has 2 aromatic rings. The van der Waals surface area contributed by atoms with Crippen molar-refractivity contribution in [1.82, 2.24) is 20.0 Å². The van der Waals surface area contributed by atoms with Crippen LogP contribution in [0.25, 0.3) is 0 Å². The van der Waals surface area contributed by atoms with Gasteiger partial charge in [0, 0.05) is 32.4 Å². The van der Waals surface area contributed by atoms with E-state index in [0.29, 0.717) is 12.3 Å². The quantitative estimate of drug-likeness (QED) is 0.832. The van der Waals surface area contributed by atoms with Gasteiger partial charge in [0.2, 0.25) is 5.91 Å². The second-order valence-corrected chi connectivity index (χ2v) is 5.37. The fraction of sp³-hybridized carbons (Fsp3) is 0.375. The fourth-order valence-corrected chi connectivity index (χ4v) is 2.41. The van der Waals surface area contributed by atoms with Crippen molar-refractivity contribution in [2.24, 2.45) is 7.05 Å². The molecule has 0 radical (unpaired) electrons. The topological polar surface area (TPSA) is 79.6 Å². The Bertz CT molecular complexity index is 684. The summed E-state index contributed by atoms with van der Waals surface area (Å²) >= 11 is 0. The average Bonchev–Trinajstić information content (AvgIpc) is 2.96. The van der Waals surface area contributed by atoms with Gasteiger partial charge in [0.1, 0.15) is 6.04 Å². The zero-order valence-electron chi connectivity index (χ0n) is 13.8. The van der Waals surface area contributed by atoms with E-state index < -0.39 is 6.04 Å². The van der Waals surface area contributed by atoms with Crippen molar-refractivity contribution >= 4 is 5.91 Å². The van der Waals surface area contributed by atoms with Crippen LogP contribution in [0.1, 0.15) is 17.2 Å². The van der Waals surface area contributed by atoms with Gasteiger partial charge in [-0.05, 0) is 24.7 Å². The standard InChI is InChI=1S/C16H22N4O3/c1-17-15(12-8-18-20(3)10-12)16(22)19(2)9-11-5-6-13(21)14(7-11)23-4/h5-8,10,15,17,21H,9H2,1-4H3. The number of aryl methyl sites for hydroxylation is 1. The van der Waals surface area contributed by atoms with Gasteiger partial charge in [-0.3, -0.25) is 9.48 Å². The number of nitrogens with one attached hydrogen (secondary N) is 1. The number of rotatable bonds is 6. The van der Waals surface area contributed by atoms with E-state index in [1.54, 1.807) is 48.1 Å². The number of methoxy groups -OCH3 is 1. The summed E-state index contributed by atoms with van der Waals surface area (Å²) in [5.74, 6) is 0.405. The van der Waals surface area contributed by atoms with Crippen LogP contribution in [0.15, 0.2) is 30.6 Å². The largest absolute Gasteiger partial charge is 0.504 e. The number of benzene rings is 1. The van der Waals surface area contributed by atoms with E-state index in [1.807, 2.05) is 13.2 Å². The molecule has 0 aliphatic heterocycles. The van der Waals surface area contributed by atoms with Gasteiger partial charge in [-0.25, -0.2) is 0 Å². The highest BCUT2D eigenvalue weighted by Crippen LogP contribution is 2.27. The molecule has 1 unspecified atom stereocenters. The predicted octanol–water partition coefficient (Wildman–Crippen LogP) is 1.05. The fourth-order valence-electron chi connectivity index (χ4n) is 2.41. The van der Waals surface area contributed by atoms with Crippen LogP contribution in [-0.4, -0.2) is 46.9 Å². The van der Waals surface area contributed by atoms with Crippen LogP contribution in [-0.2, 0) is 18.4 Å². The molecule has 0 fully saturated rings. The SMILES string of the molecule is CNC(C(=O)N(C)Cc1ccc(O)c(OC)c1)c1cnn(C)c1. The van der Waals surface area contributed by atoms with Gasteiger partial charge < -0.3 is 20.1 Å². The molecule has 2 N–H and O–H groups in total. The van der Waals surface area contributed by atoms with Crippen molar-refractivity contribution in [3.05, 3.63) is 41.7 Å². The highest BCUT2D eigenvalue weighted by Gasteiger charge is 2.23. The first-order valence-electron chi connectivity index (χ1n) is 7.23. The number of carbonyl (C=O) groups is 1. The summed E-state index contributed by atoms with van der Waals surface area (Å²) < 4.78 is 6.76. The summed E-state index contributed by atoms with van der Waals surface area (Å²) in [6.45, 7) is 0.411. The Balaban J connectivity index is 2.12. The molecule has 0 bridgehead atoms. The van der Waals surface area contributed by atoms with Gasteiger partial charge >= 0.3 is 0 Å². The Morgan fingerprint density at radius 2 is 2.26 bits per heavy atom. The van der Waals surface area contributed by atoms with Crippen LogP contribution in [0.2, 0.25) is 0 Å². The molecular weight excluding hydrogens is 296 g/mol. The third-order valence-electron chi connectivity index (χ3n) is 3.63. The number of aromatic nitrogens is 2. The van der Waals surface area contributed by atoms with E-state index in [9.17, 15) is 9.90 Å². The number of hydrogen-bond acceptors (Lipinski definition) is 5. The Hall–Kier alpha value is -2.54. The van der Waals surface area contributed by atoms with Gasteiger partial charge in [0.05, 0.1) is 13.3 Å². The van der Waals surface area contributed by atoms with Gasteiger partial charge in [-0.2, -0.15) is 5.10 Å². The smallest absolute Gasteiger partial charge is 0.244 e. The minimum atomic E-state index is -0.451. The van der Waals surface area contributed by atoms with Gasteiger partial charge in [0.15, 0.2) is 11.5 Å². The first kappa shape index (κ1) is 16.8. The van der Waals surface area contributed by atoms with Gasteiger partial charge in [0.25, 0.3) is 0 Å². The maximum atomic E-state index is 12.7. The number of phenolic OH excluding ortho intramolecular Hbond substituents is 1. The van der Waals surface area contributed by atoms with Crippen LogP contribution in [0.5, 0.6) is 11.5 Å². The van der Waals surface area contributed by atoms with E-state index >= 15 is 0 Å². The summed E-state index contributed by atoms with van der Waals surface area (Å²) in [7, 11) is 6.79. The van der Waals surface area contributed by atoms with E-state index in [2.05, 4.69) is 10.4 Å². The lowest BCUT2D eigenvalue weighted by Crippen LogP contribution is -2.37. The molecule has 7 heteroatoms. The normalized spacial score (nSPS) is 12.0. The number of hydrogen-bond donors (Lipinski definition) is 2. The number of amides is 1. The molecule has 0 aliphatic rings. The minimum absolute atomic E-state index is 0.0625. The summed E-state index contributed by atoms with van der Waals surface area (Å²) in [4.78, 5) is 14.3. The molecule has 0 saturated carbocycles. The number of carbonyl (C=O) groups excluding carboxylic acids is 1. The van der Waals surface area contributed by atoms with Crippen molar-refractivity contribution < 1.29 is 14.6 Å². The summed E-state index contributed by atoms with van der Waals surface area (Å²) in [5.41, 5.74) is 1.69. The highest BCUT2D eigenvalue weighted by atomic mass is 16.5. The van der Waals surface area contributed by atoms with Crippen molar-refractivity contribution in [3.63, 3.8) is 0 Å². The lowest BCUT2D eigenvalue weighted by molar-refractivity contribution is -0.132. The average molecular weight is 318 g/mol. The molecule has 0 saturated heterocycles. The molecule has 1 amide bonds. The third-order valence-corrected chi connectivity index (χ3v) is 3.63. The molecule has 124 valence electrons. The molecule has 1 atom stereocenters. The van der Waals surface area contributed by atoms with E-state index in [1.165, 1.54) is 7.11 Å². The van der Waals surface area contributed by atoms with Crippen molar-refractivity contribution in [2.45, 2.75) is 12.6 Å². The van der Waals surface area contributed by atoms with Crippen molar-refractivity contribution in [1.29, 1.82) is 0 Å².